The van der Waals surface area contributed by atoms with Gasteiger partial charge in [-0.05, 0) is 23.4 Å². The minimum absolute atomic E-state index is 0.0556. The fourth-order valence-corrected chi connectivity index (χ4v) is 3.10. The Morgan fingerprint density at radius 2 is 2.37 bits per heavy atom. The summed E-state index contributed by atoms with van der Waals surface area (Å²) in [4.78, 5) is 11.8. The zero-order valence-corrected chi connectivity index (χ0v) is 12.0. The lowest BCUT2D eigenvalue weighted by Crippen LogP contribution is -2.30. The summed E-state index contributed by atoms with van der Waals surface area (Å²) < 4.78 is 0. The van der Waals surface area contributed by atoms with Crippen LogP contribution in [0, 0.1) is 11.3 Å². The maximum atomic E-state index is 11.8. The van der Waals surface area contributed by atoms with E-state index in [4.69, 9.17) is 11.6 Å². The standard InChI is InChI=1S/C14H13ClN2OS/c1-2-19-14-12(8-16)11(7-13(18)17-14)9-4-3-5-10(15)6-9/h3-6,11H,2,7H2,1H3,(H,17,18)/t11-/m1/s1. The van der Waals surface area contributed by atoms with Crippen LogP contribution in [0.3, 0.4) is 0 Å². The molecule has 0 aromatic heterocycles. The lowest BCUT2D eigenvalue weighted by molar-refractivity contribution is -0.120. The summed E-state index contributed by atoms with van der Waals surface area (Å²) in [5.74, 6) is 0.551. The van der Waals surface area contributed by atoms with Crippen molar-refractivity contribution in [1.82, 2.24) is 5.32 Å². The van der Waals surface area contributed by atoms with Crippen LogP contribution in [0.25, 0.3) is 0 Å². The molecule has 0 aliphatic carbocycles. The molecule has 5 heteroatoms. The molecule has 1 aliphatic heterocycles. The number of nitrogens with one attached hydrogen (secondary N) is 1. The van der Waals surface area contributed by atoms with Crippen molar-refractivity contribution >= 4 is 29.3 Å². The minimum atomic E-state index is -0.202. The van der Waals surface area contributed by atoms with E-state index < -0.39 is 0 Å². The van der Waals surface area contributed by atoms with E-state index in [-0.39, 0.29) is 18.2 Å². The highest BCUT2D eigenvalue weighted by Gasteiger charge is 2.29. The first-order valence-corrected chi connectivity index (χ1v) is 7.34. The third kappa shape index (κ3) is 3.12. The highest BCUT2D eigenvalue weighted by atomic mass is 35.5. The van der Waals surface area contributed by atoms with E-state index in [0.29, 0.717) is 15.6 Å². The summed E-state index contributed by atoms with van der Waals surface area (Å²) >= 11 is 7.47. The lowest BCUT2D eigenvalue weighted by Gasteiger charge is -2.24. The molecule has 1 aromatic rings. The van der Waals surface area contributed by atoms with Crippen molar-refractivity contribution in [3.05, 3.63) is 45.5 Å². The van der Waals surface area contributed by atoms with E-state index in [1.54, 1.807) is 6.07 Å². The fraction of sp³-hybridized carbons (Fsp3) is 0.286. The molecule has 0 bridgehead atoms. The molecule has 0 saturated carbocycles. The molecule has 1 heterocycles. The number of nitrogens with zero attached hydrogens (tertiary/aromatic N) is 1. The number of halogens is 1. The molecule has 98 valence electrons. The van der Waals surface area contributed by atoms with E-state index in [9.17, 15) is 10.1 Å². The van der Waals surface area contributed by atoms with Gasteiger partial charge in [-0.15, -0.1) is 11.8 Å². The smallest absolute Gasteiger partial charge is 0.225 e. The van der Waals surface area contributed by atoms with E-state index in [2.05, 4.69) is 11.4 Å². The Morgan fingerprint density at radius 3 is 3.00 bits per heavy atom. The van der Waals surface area contributed by atoms with Gasteiger partial charge in [0.2, 0.25) is 5.91 Å². The predicted octanol–water partition coefficient (Wildman–Crippen LogP) is 3.43. The summed E-state index contributed by atoms with van der Waals surface area (Å²) in [6, 6.07) is 9.57. The van der Waals surface area contributed by atoms with Crippen molar-refractivity contribution in [2.75, 3.05) is 5.75 Å². The second-order valence-electron chi connectivity index (χ2n) is 4.15. The summed E-state index contributed by atoms with van der Waals surface area (Å²) in [6.45, 7) is 1.99. The number of benzene rings is 1. The summed E-state index contributed by atoms with van der Waals surface area (Å²) in [6.07, 6.45) is 0.289. The highest BCUT2D eigenvalue weighted by molar-refractivity contribution is 8.03. The number of rotatable bonds is 3. The van der Waals surface area contributed by atoms with Crippen LogP contribution in [0.4, 0.5) is 0 Å². The SMILES string of the molecule is CCSC1=C(C#N)[C@@H](c2cccc(Cl)c2)CC(=O)N1. The van der Waals surface area contributed by atoms with E-state index in [1.165, 1.54) is 11.8 Å². The molecular weight excluding hydrogens is 280 g/mol. The molecule has 1 amide bonds. The van der Waals surface area contributed by atoms with Gasteiger partial charge >= 0.3 is 0 Å². The molecule has 1 aliphatic rings. The Kier molecular flexibility index (Phi) is 4.52. The van der Waals surface area contributed by atoms with Crippen molar-refractivity contribution in [3.63, 3.8) is 0 Å². The molecule has 2 rings (SSSR count). The van der Waals surface area contributed by atoms with Crippen molar-refractivity contribution in [2.45, 2.75) is 19.3 Å². The van der Waals surface area contributed by atoms with Crippen LogP contribution in [0.15, 0.2) is 34.9 Å². The third-order valence-corrected chi connectivity index (χ3v) is 4.03. The zero-order valence-electron chi connectivity index (χ0n) is 10.4. The number of thioether (sulfide) groups is 1. The Bertz CT molecular complexity index is 577. The molecule has 19 heavy (non-hydrogen) atoms. The first kappa shape index (κ1) is 14.0. The number of hydrogen-bond acceptors (Lipinski definition) is 3. The van der Waals surface area contributed by atoms with Gasteiger partial charge in [-0.25, -0.2) is 0 Å². The van der Waals surface area contributed by atoms with Crippen molar-refractivity contribution in [1.29, 1.82) is 5.26 Å². The van der Waals surface area contributed by atoms with Crippen molar-refractivity contribution in [2.24, 2.45) is 0 Å². The molecule has 1 aromatic carbocycles. The summed E-state index contributed by atoms with van der Waals surface area (Å²) in [5, 5.41) is 13.4. The van der Waals surface area contributed by atoms with Gasteiger partial charge in [-0.2, -0.15) is 5.26 Å². The number of hydrogen-bond donors (Lipinski definition) is 1. The van der Waals surface area contributed by atoms with Crippen molar-refractivity contribution < 1.29 is 4.79 Å². The average molecular weight is 293 g/mol. The first-order valence-electron chi connectivity index (χ1n) is 5.98. The van der Waals surface area contributed by atoms with Gasteiger partial charge in [0.15, 0.2) is 0 Å². The molecule has 1 atom stereocenters. The van der Waals surface area contributed by atoms with E-state index in [1.807, 2.05) is 25.1 Å². The number of nitriles is 1. The number of carbonyl (C=O) groups excluding carboxylic acids is 1. The molecular formula is C14H13ClN2OS. The maximum Gasteiger partial charge on any atom is 0.225 e. The number of allylic oxidation sites excluding steroid dienone is 1. The van der Waals surface area contributed by atoms with Crippen LogP contribution >= 0.6 is 23.4 Å². The van der Waals surface area contributed by atoms with Crippen LogP contribution in [0.5, 0.6) is 0 Å². The molecule has 3 nitrogen and oxygen atoms in total. The largest absolute Gasteiger partial charge is 0.320 e. The van der Waals surface area contributed by atoms with Crippen LogP contribution < -0.4 is 5.32 Å². The van der Waals surface area contributed by atoms with Gasteiger partial charge in [0.1, 0.15) is 0 Å². The topological polar surface area (TPSA) is 52.9 Å². The lowest BCUT2D eigenvalue weighted by atomic mass is 9.87. The van der Waals surface area contributed by atoms with E-state index in [0.717, 1.165) is 11.3 Å². The normalized spacial score (nSPS) is 19.0. The number of carbonyl (C=O) groups is 1. The van der Waals surface area contributed by atoms with Crippen molar-refractivity contribution in [3.8, 4) is 6.07 Å². The third-order valence-electron chi connectivity index (χ3n) is 2.90. The second kappa shape index (κ2) is 6.14. The van der Waals surface area contributed by atoms with Gasteiger partial charge < -0.3 is 5.32 Å². The van der Waals surface area contributed by atoms with Crippen LogP contribution in [-0.2, 0) is 4.79 Å². The van der Waals surface area contributed by atoms with Gasteiger partial charge in [-0.3, -0.25) is 4.79 Å². The summed E-state index contributed by atoms with van der Waals surface area (Å²) in [5.41, 5.74) is 1.53. The van der Waals surface area contributed by atoms with Crippen LogP contribution in [-0.4, -0.2) is 11.7 Å². The molecule has 0 fully saturated rings. The van der Waals surface area contributed by atoms with Gasteiger partial charge in [0, 0.05) is 17.4 Å². The minimum Gasteiger partial charge on any atom is -0.320 e. The van der Waals surface area contributed by atoms with E-state index >= 15 is 0 Å². The Balaban J connectivity index is 2.45. The van der Waals surface area contributed by atoms with Crippen LogP contribution in [0.1, 0.15) is 24.8 Å². The second-order valence-corrected chi connectivity index (χ2v) is 5.86. The highest BCUT2D eigenvalue weighted by Crippen LogP contribution is 2.36. The average Bonchev–Trinajstić information content (AvgIpc) is 2.38. The zero-order chi connectivity index (χ0) is 13.8. The van der Waals surface area contributed by atoms with Gasteiger partial charge in [-0.1, -0.05) is 30.7 Å². The predicted molar refractivity (Wildman–Crippen MR) is 77.7 cm³/mol. The first-order chi connectivity index (χ1) is 9.15. The Labute approximate surface area is 121 Å². The molecule has 1 N–H and O–H groups in total. The number of amides is 1. The molecule has 0 saturated heterocycles. The molecule has 0 unspecified atom stereocenters. The van der Waals surface area contributed by atoms with Crippen LogP contribution in [0.2, 0.25) is 5.02 Å². The quantitative estimate of drug-likeness (QED) is 0.928. The molecule has 0 radical (unpaired) electrons. The Morgan fingerprint density at radius 1 is 1.58 bits per heavy atom. The van der Waals surface area contributed by atoms with Gasteiger partial charge in [0.25, 0.3) is 0 Å². The molecule has 0 spiro atoms. The Hall–Kier alpha value is -1.44. The summed E-state index contributed by atoms with van der Waals surface area (Å²) in [7, 11) is 0. The fourth-order valence-electron chi connectivity index (χ4n) is 2.09. The maximum absolute atomic E-state index is 11.8. The van der Waals surface area contributed by atoms with Gasteiger partial charge in [0.05, 0.1) is 16.7 Å². The monoisotopic (exact) mass is 292 g/mol.